The van der Waals surface area contributed by atoms with Crippen LogP contribution >= 0.6 is 15.9 Å². The third-order valence-electron chi connectivity index (χ3n) is 3.13. The van der Waals surface area contributed by atoms with Gasteiger partial charge in [-0.15, -0.1) is 0 Å². The Labute approximate surface area is 98.4 Å². The summed E-state index contributed by atoms with van der Waals surface area (Å²) >= 11 is 3.40. The number of rotatable bonds is 2. The summed E-state index contributed by atoms with van der Waals surface area (Å²) in [7, 11) is 0. The normalized spacial score (nSPS) is 17.9. The minimum absolute atomic E-state index is 0.115. The maximum atomic E-state index is 11.6. The molecule has 82 valence electrons. The van der Waals surface area contributed by atoms with Gasteiger partial charge in [-0.1, -0.05) is 19.3 Å². The fourth-order valence-corrected chi connectivity index (χ4v) is 2.67. The van der Waals surface area contributed by atoms with Gasteiger partial charge in [0.2, 0.25) is 0 Å². The first-order chi connectivity index (χ1) is 7.25. The molecule has 0 N–H and O–H groups in total. The Morgan fingerprint density at radius 1 is 1.27 bits per heavy atom. The van der Waals surface area contributed by atoms with E-state index in [2.05, 4.69) is 15.9 Å². The quantitative estimate of drug-likeness (QED) is 0.809. The Kier molecular flexibility index (Phi) is 3.62. The van der Waals surface area contributed by atoms with Crippen LogP contribution in [0.4, 0.5) is 0 Å². The molecule has 0 spiro atoms. The van der Waals surface area contributed by atoms with Crippen molar-refractivity contribution in [3.05, 3.63) is 33.2 Å². The van der Waals surface area contributed by atoms with Crippen molar-refractivity contribution in [2.24, 2.45) is 5.92 Å². The first-order valence-electron chi connectivity index (χ1n) is 5.62. The molecule has 2 nitrogen and oxygen atoms in total. The van der Waals surface area contributed by atoms with Gasteiger partial charge >= 0.3 is 0 Å². The molecule has 0 bridgehead atoms. The van der Waals surface area contributed by atoms with Crippen LogP contribution in [0.1, 0.15) is 32.1 Å². The Bertz CT molecular complexity index is 379. The summed E-state index contributed by atoms with van der Waals surface area (Å²) in [6.45, 7) is 0.887. The molecule has 1 fully saturated rings. The molecule has 3 heteroatoms. The van der Waals surface area contributed by atoms with Gasteiger partial charge in [-0.05, 0) is 40.8 Å². The van der Waals surface area contributed by atoms with Crippen LogP contribution in [-0.2, 0) is 6.54 Å². The third-order valence-corrected chi connectivity index (χ3v) is 3.60. The van der Waals surface area contributed by atoms with Gasteiger partial charge in [0.05, 0.1) is 0 Å². The molecule has 0 aromatic carbocycles. The molecule has 0 amide bonds. The summed E-state index contributed by atoms with van der Waals surface area (Å²) in [4.78, 5) is 11.6. The second-order valence-corrected chi connectivity index (χ2v) is 5.26. The highest BCUT2D eigenvalue weighted by Crippen LogP contribution is 2.24. The van der Waals surface area contributed by atoms with Gasteiger partial charge < -0.3 is 4.57 Å². The molecule has 0 radical (unpaired) electrons. The predicted octanol–water partition coefficient (Wildman–Crippen LogP) is 3.19. The zero-order valence-corrected chi connectivity index (χ0v) is 10.4. The topological polar surface area (TPSA) is 22.0 Å². The average molecular weight is 270 g/mol. The molecule has 1 saturated carbocycles. The van der Waals surface area contributed by atoms with Gasteiger partial charge in [-0.25, -0.2) is 0 Å². The Morgan fingerprint density at radius 3 is 2.73 bits per heavy atom. The van der Waals surface area contributed by atoms with Crippen molar-refractivity contribution in [3.63, 3.8) is 0 Å². The van der Waals surface area contributed by atoms with E-state index in [4.69, 9.17) is 0 Å². The van der Waals surface area contributed by atoms with Crippen LogP contribution in [0.3, 0.4) is 0 Å². The van der Waals surface area contributed by atoms with Gasteiger partial charge in [0.15, 0.2) is 0 Å². The van der Waals surface area contributed by atoms with Crippen LogP contribution in [0.15, 0.2) is 27.6 Å². The number of nitrogens with zero attached hydrogens (tertiary/aromatic N) is 1. The van der Waals surface area contributed by atoms with E-state index in [1.807, 2.05) is 10.8 Å². The third kappa shape index (κ3) is 2.94. The van der Waals surface area contributed by atoms with E-state index in [0.717, 1.165) is 11.0 Å². The molecule has 1 aromatic heterocycles. The van der Waals surface area contributed by atoms with Crippen LogP contribution in [0, 0.1) is 5.92 Å². The number of hydrogen-bond acceptors (Lipinski definition) is 1. The lowest BCUT2D eigenvalue weighted by Gasteiger charge is -2.22. The lowest BCUT2D eigenvalue weighted by molar-refractivity contribution is 0.316. The van der Waals surface area contributed by atoms with E-state index < -0.39 is 0 Å². The maximum Gasteiger partial charge on any atom is 0.250 e. The van der Waals surface area contributed by atoms with Gasteiger partial charge in [0.1, 0.15) is 0 Å². The second kappa shape index (κ2) is 4.97. The smallest absolute Gasteiger partial charge is 0.250 e. The summed E-state index contributed by atoms with van der Waals surface area (Å²) in [5, 5.41) is 0. The van der Waals surface area contributed by atoms with Gasteiger partial charge in [0.25, 0.3) is 5.56 Å². The van der Waals surface area contributed by atoms with Crippen LogP contribution in [-0.4, -0.2) is 4.57 Å². The van der Waals surface area contributed by atoms with Crippen molar-refractivity contribution in [3.8, 4) is 0 Å². The molecule has 0 aliphatic heterocycles. The zero-order chi connectivity index (χ0) is 10.7. The molecule has 0 atom stereocenters. The number of halogens is 1. The lowest BCUT2D eigenvalue weighted by Crippen LogP contribution is -2.23. The van der Waals surface area contributed by atoms with Crippen molar-refractivity contribution in [2.45, 2.75) is 38.6 Å². The molecule has 1 aromatic rings. The number of pyridine rings is 1. The van der Waals surface area contributed by atoms with Crippen molar-refractivity contribution in [2.75, 3.05) is 0 Å². The Balaban J connectivity index is 2.09. The fourth-order valence-electron chi connectivity index (χ4n) is 2.29. The van der Waals surface area contributed by atoms with Crippen LogP contribution < -0.4 is 5.56 Å². The van der Waals surface area contributed by atoms with Crippen LogP contribution in [0.2, 0.25) is 0 Å². The summed E-state index contributed by atoms with van der Waals surface area (Å²) in [6, 6.07) is 3.44. The first kappa shape index (κ1) is 10.9. The summed E-state index contributed by atoms with van der Waals surface area (Å²) < 4.78 is 2.82. The van der Waals surface area contributed by atoms with Gasteiger partial charge in [-0.2, -0.15) is 0 Å². The minimum atomic E-state index is 0.115. The van der Waals surface area contributed by atoms with Gasteiger partial charge in [0, 0.05) is 23.3 Å². The SMILES string of the molecule is O=c1ccc(Br)cn1CC1CCCCC1. The Morgan fingerprint density at radius 2 is 2.00 bits per heavy atom. The zero-order valence-electron chi connectivity index (χ0n) is 8.79. The first-order valence-corrected chi connectivity index (χ1v) is 6.41. The summed E-state index contributed by atoms with van der Waals surface area (Å²) in [5.41, 5.74) is 0.115. The largest absolute Gasteiger partial charge is 0.314 e. The highest BCUT2D eigenvalue weighted by Gasteiger charge is 2.14. The van der Waals surface area contributed by atoms with Crippen LogP contribution in [0.5, 0.6) is 0 Å². The molecule has 0 unspecified atom stereocenters. The predicted molar refractivity (Wildman–Crippen MR) is 65.0 cm³/mol. The number of hydrogen-bond donors (Lipinski definition) is 0. The minimum Gasteiger partial charge on any atom is -0.314 e. The molecular weight excluding hydrogens is 254 g/mol. The Hall–Kier alpha value is -0.570. The molecule has 2 rings (SSSR count). The van der Waals surface area contributed by atoms with E-state index in [-0.39, 0.29) is 5.56 Å². The molecule has 1 aliphatic carbocycles. The van der Waals surface area contributed by atoms with Crippen molar-refractivity contribution in [1.82, 2.24) is 4.57 Å². The monoisotopic (exact) mass is 269 g/mol. The van der Waals surface area contributed by atoms with E-state index >= 15 is 0 Å². The standard InChI is InChI=1S/C12H16BrNO/c13-11-6-7-12(15)14(9-11)8-10-4-2-1-3-5-10/h6-7,9-10H,1-5,8H2. The highest BCUT2D eigenvalue weighted by atomic mass is 79.9. The van der Waals surface area contributed by atoms with Crippen LogP contribution in [0.25, 0.3) is 0 Å². The molecule has 1 aliphatic rings. The molecule has 1 heterocycles. The summed E-state index contributed by atoms with van der Waals surface area (Å²) in [5.74, 6) is 0.700. The van der Waals surface area contributed by atoms with E-state index in [9.17, 15) is 4.79 Å². The maximum absolute atomic E-state index is 11.6. The van der Waals surface area contributed by atoms with Crippen molar-refractivity contribution < 1.29 is 0 Å². The molecular formula is C12H16BrNO. The van der Waals surface area contributed by atoms with Crippen molar-refractivity contribution in [1.29, 1.82) is 0 Å². The average Bonchev–Trinajstić information content (AvgIpc) is 2.25. The molecule has 0 saturated heterocycles. The lowest BCUT2D eigenvalue weighted by atomic mass is 9.89. The second-order valence-electron chi connectivity index (χ2n) is 4.34. The molecule has 15 heavy (non-hydrogen) atoms. The van der Waals surface area contributed by atoms with Crippen molar-refractivity contribution >= 4 is 15.9 Å². The van der Waals surface area contributed by atoms with E-state index in [0.29, 0.717) is 5.92 Å². The fraction of sp³-hybridized carbons (Fsp3) is 0.583. The van der Waals surface area contributed by atoms with Gasteiger partial charge in [-0.3, -0.25) is 4.79 Å². The van der Waals surface area contributed by atoms with E-state index in [1.165, 1.54) is 32.1 Å². The summed E-state index contributed by atoms with van der Waals surface area (Å²) in [6.07, 6.45) is 8.47. The highest BCUT2D eigenvalue weighted by molar-refractivity contribution is 9.10. The van der Waals surface area contributed by atoms with E-state index in [1.54, 1.807) is 12.1 Å². The number of aromatic nitrogens is 1.